The fourth-order valence-electron chi connectivity index (χ4n) is 4.67. The van der Waals surface area contributed by atoms with Gasteiger partial charge < -0.3 is 19.3 Å². The third-order valence-electron chi connectivity index (χ3n) is 6.47. The average molecular weight is 371 g/mol. The minimum Gasteiger partial charge on any atom is -0.493 e. The lowest BCUT2D eigenvalue weighted by atomic mass is 9.66. The van der Waals surface area contributed by atoms with Crippen molar-refractivity contribution in [1.82, 2.24) is 0 Å². The highest BCUT2D eigenvalue weighted by Gasteiger charge is 2.63. The van der Waals surface area contributed by atoms with Crippen molar-refractivity contribution >= 4 is 5.97 Å². The number of ether oxygens (including phenoxy) is 3. The zero-order chi connectivity index (χ0) is 19.1. The number of aliphatic carboxylic acids is 1. The maximum absolute atomic E-state index is 11.2. The zero-order valence-electron chi connectivity index (χ0n) is 15.6. The zero-order valence-corrected chi connectivity index (χ0v) is 15.6. The third kappa shape index (κ3) is 3.14. The van der Waals surface area contributed by atoms with Crippen LogP contribution >= 0.6 is 0 Å². The summed E-state index contributed by atoms with van der Waals surface area (Å²) < 4.78 is 17.1. The first kappa shape index (κ1) is 18.1. The van der Waals surface area contributed by atoms with Crippen molar-refractivity contribution in [2.45, 2.75) is 74.6 Å². The molecule has 6 nitrogen and oxygen atoms in total. The number of methoxy groups -OCH3 is 1. The fourth-order valence-corrected chi connectivity index (χ4v) is 4.67. The molecular formula is C21H25NO5. The number of epoxide rings is 1. The Hall–Kier alpha value is -2.26. The SMILES string of the molecule is COc1ccc(C2(C#N)CCC3(CC2)O[C@H]3C(=O)O)cc1OC1CCCC1. The highest BCUT2D eigenvalue weighted by molar-refractivity contribution is 5.77. The van der Waals surface area contributed by atoms with Gasteiger partial charge in [0.2, 0.25) is 0 Å². The van der Waals surface area contributed by atoms with Gasteiger partial charge in [-0.15, -0.1) is 0 Å². The van der Waals surface area contributed by atoms with E-state index in [2.05, 4.69) is 6.07 Å². The first-order chi connectivity index (χ1) is 13.0. The molecule has 1 aromatic carbocycles. The molecule has 144 valence electrons. The van der Waals surface area contributed by atoms with Crippen LogP contribution in [0.5, 0.6) is 11.5 Å². The van der Waals surface area contributed by atoms with E-state index in [9.17, 15) is 15.2 Å². The number of nitrogens with zero attached hydrogens (tertiary/aromatic N) is 1. The third-order valence-corrected chi connectivity index (χ3v) is 6.47. The number of rotatable bonds is 5. The molecule has 0 amide bonds. The summed E-state index contributed by atoms with van der Waals surface area (Å²) in [4.78, 5) is 11.2. The minimum atomic E-state index is -0.906. The molecule has 1 atom stereocenters. The predicted octanol–water partition coefficient (Wildman–Crippen LogP) is 3.57. The molecule has 3 aliphatic rings. The first-order valence-corrected chi connectivity index (χ1v) is 9.69. The van der Waals surface area contributed by atoms with E-state index in [1.807, 2.05) is 18.2 Å². The van der Waals surface area contributed by atoms with Crippen LogP contribution in [0.3, 0.4) is 0 Å². The lowest BCUT2D eigenvalue weighted by Crippen LogP contribution is -2.36. The predicted molar refractivity (Wildman–Crippen MR) is 96.9 cm³/mol. The average Bonchev–Trinajstić information content (AvgIpc) is 3.15. The van der Waals surface area contributed by atoms with Gasteiger partial charge in [-0.2, -0.15) is 5.26 Å². The molecule has 1 saturated heterocycles. The van der Waals surface area contributed by atoms with Gasteiger partial charge in [0.05, 0.1) is 24.7 Å². The summed E-state index contributed by atoms with van der Waals surface area (Å²) in [7, 11) is 1.62. The van der Waals surface area contributed by atoms with Gasteiger partial charge >= 0.3 is 5.97 Å². The summed E-state index contributed by atoms with van der Waals surface area (Å²) in [6.45, 7) is 0. The molecule has 0 aromatic heterocycles. The Morgan fingerprint density at radius 1 is 1.22 bits per heavy atom. The molecule has 1 N–H and O–H groups in total. The summed E-state index contributed by atoms with van der Waals surface area (Å²) >= 11 is 0. The van der Waals surface area contributed by atoms with Crippen molar-refractivity contribution in [3.63, 3.8) is 0 Å². The molecular weight excluding hydrogens is 346 g/mol. The Morgan fingerprint density at radius 3 is 2.48 bits per heavy atom. The Labute approximate surface area is 159 Å². The van der Waals surface area contributed by atoms with Crippen LogP contribution in [0, 0.1) is 11.3 Å². The van der Waals surface area contributed by atoms with E-state index in [-0.39, 0.29) is 6.10 Å². The second kappa shape index (κ2) is 6.72. The number of hydrogen-bond donors (Lipinski definition) is 1. The Bertz CT molecular complexity index is 769. The molecule has 2 saturated carbocycles. The summed E-state index contributed by atoms with van der Waals surface area (Å²) in [5, 5.41) is 19.2. The molecule has 0 radical (unpaired) electrons. The summed E-state index contributed by atoms with van der Waals surface area (Å²) in [6, 6.07) is 8.25. The highest BCUT2D eigenvalue weighted by Crippen LogP contribution is 2.54. The van der Waals surface area contributed by atoms with Gasteiger partial charge in [0.1, 0.15) is 5.60 Å². The second-order valence-electron chi connectivity index (χ2n) is 7.98. The standard InChI is InChI=1S/C21H25NO5/c1-25-16-7-6-14(12-17(16)26-15-4-2-3-5-15)20(13-22)8-10-21(11-9-20)18(27-21)19(23)24/h6-7,12,15,18H,2-5,8-11H2,1H3,(H,23,24)/t18-,20?,21?/m0/s1. The molecule has 1 spiro atoms. The molecule has 1 aliphatic heterocycles. The van der Waals surface area contributed by atoms with Crippen molar-refractivity contribution in [3.8, 4) is 17.6 Å². The number of nitriles is 1. The molecule has 2 aliphatic carbocycles. The molecule has 0 unspecified atom stereocenters. The Morgan fingerprint density at radius 2 is 1.93 bits per heavy atom. The number of benzene rings is 1. The van der Waals surface area contributed by atoms with Gasteiger partial charge in [-0.05, 0) is 69.1 Å². The van der Waals surface area contributed by atoms with E-state index in [1.54, 1.807) is 7.11 Å². The maximum Gasteiger partial charge on any atom is 0.335 e. The normalized spacial score (nSPS) is 32.8. The van der Waals surface area contributed by atoms with Crippen LogP contribution in [0.15, 0.2) is 18.2 Å². The van der Waals surface area contributed by atoms with E-state index in [4.69, 9.17) is 14.2 Å². The smallest absolute Gasteiger partial charge is 0.335 e. The summed E-state index contributed by atoms with van der Waals surface area (Å²) in [5.74, 6) is 0.474. The van der Waals surface area contributed by atoms with Crippen molar-refractivity contribution < 1.29 is 24.1 Å². The van der Waals surface area contributed by atoms with E-state index in [1.165, 1.54) is 12.8 Å². The Balaban J connectivity index is 1.56. The molecule has 1 heterocycles. The van der Waals surface area contributed by atoms with Gasteiger partial charge in [-0.25, -0.2) is 4.79 Å². The fraction of sp³-hybridized carbons (Fsp3) is 0.619. The molecule has 1 aromatic rings. The number of carboxylic acid groups (broad SMARTS) is 1. The van der Waals surface area contributed by atoms with Crippen LogP contribution in [0.25, 0.3) is 0 Å². The number of carboxylic acids is 1. The van der Waals surface area contributed by atoms with Crippen molar-refractivity contribution in [2.24, 2.45) is 0 Å². The maximum atomic E-state index is 11.2. The van der Waals surface area contributed by atoms with Crippen LogP contribution in [0.4, 0.5) is 0 Å². The molecule has 3 fully saturated rings. The molecule has 6 heteroatoms. The van der Waals surface area contributed by atoms with Gasteiger partial charge in [0, 0.05) is 0 Å². The van der Waals surface area contributed by atoms with Gasteiger partial charge in [0.15, 0.2) is 17.6 Å². The van der Waals surface area contributed by atoms with Crippen molar-refractivity contribution in [1.29, 1.82) is 5.26 Å². The van der Waals surface area contributed by atoms with Crippen LogP contribution in [-0.2, 0) is 14.9 Å². The van der Waals surface area contributed by atoms with Crippen molar-refractivity contribution in [2.75, 3.05) is 7.11 Å². The summed E-state index contributed by atoms with van der Waals surface area (Å²) in [5.41, 5.74) is -0.288. The second-order valence-corrected chi connectivity index (χ2v) is 7.98. The van der Waals surface area contributed by atoms with Crippen LogP contribution in [0.1, 0.15) is 56.9 Å². The lowest BCUT2D eigenvalue weighted by Gasteiger charge is -2.34. The van der Waals surface area contributed by atoms with E-state index in [0.717, 1.165) is 18.4 Å². The van der Waals surface area contributed by atoms with Gasteiger partial charge in [-0.3, -0.25) is 0 Å². The van der Waals surface area contributed by atoms with E-state index in [0.29, 0.717) is 37.2 Å². The number of hydrogen-bond acceptors (Lipinski definition) is 5. The summed E-state index contributed by atoms with van der Waals surface area (Å²) in [6.07, 6.45) is 6.30. The monoisotopic (exact) mass is 371 g/mol. The van der Waals surface area contributed by atoms with E-state index >= 15 is 0 Å². The van der Waals surface area contributed by atoms with Gasteiger partial charge in [0.25, 0.3) is 0 Å². The van der Waals surface area contributed by atoms with E-state index < -0.39 is 23.1 Å². The Kier molecular flexibility index (Phi) is 4.51. The largest absolute Gasteiger partial charge is 0.493 e. The highest BCUT2D eigenvalue weighted by atomic mass is 16.6. The molecule has 0 bridgehead atoms. The molecule has 27 heavy (non-hydrogen) atoms. The van der Waals surface area contributed by atoms with Crippen LogP contribution < -0.4 is 9.47 Å². The van der Waals surface area contributed by atoms with Crippen LogP contribution in [-0.4, -0.2) is 36.0 Å². The van der Waals surface area contributed by atoms with Crippen molar-refractivity contribution in [3.05, 3.63) is 23.8 Å². The van der Waals surface area contributed by atoms with Crippen LogP contribution in [0.2, 0.25) is 0 Å². The minimum absolute atomic E-state index is 0.206. The topological polar surface area (TPSA) is 92.1 Å². The molecule has 4 rings (SSSR count). The lowest BCUT2D eigenvalue weighted by molar-refractivity contribution is -0.138. The number of carbonyl (C=O) groups is 1. The van der Waals surface area contributed by atoms with Gasteiger partial charge in [-0.1, -0.05) is 6.07 Å². The first-order valence-electron chi connectivity index (χ1n) is 9.69. The quantitative estimate of drug-likeness (QED) is 0.796.